The van der Waals surface area contributed by atoms with Gasteiger partial charge in [-0.15, -0.1) is 0 Å². The molecule has 1 nitrogen and oxygen atoms in total. The van der Waals surface area contributed by atoms with Crippen LogP contribution in [-0.4, -0.2) is 6.61 Å². The third-order valence-electron chi connectivity index (χ3n) is 6.24. The van der Waals surface area contributed by atoms with Crippen LogP contribution in [0.3, 0.4) is 0 Å². The number of benzene rings is 1. The van der Waals surface area contributed by atoms with Crippen LogP contribution in [0.5, 0.6) is 5.75 Å². The minimum atomic E-state index is -0.833. The summed E-state index contributed by atoms with van der Waals surface area (Å²) in [6.45, 7) is 4.42. The summed E-state index contributed by atoms with van der Waals surface area (Å²) in [5, 5.41) is 0. The van der Waals surface area contributed by atoms with Gasteiger partial charge in [0, 0.05) is 0 Å². The van der Waals surface area contributed by atoms with Gasteiger partial charge in [0.25, 0.3) is 0 Å². The molecule has 3 rings (SSSR count). The van der Waals surface area contributed by atoms with E-state index < -0.39 is 11.6 Å². The summed E-state index contributed by atoms with van der Waals surface area (Å²) < 4.78 is 33.3. The Morgan fingerprint density at radius 1 is 0.957 bits per heavy atom. The van der Waals surface area contributed by atoms with Crippen LogP contribution < -0.4 is 4.74 Å². The molecule has 4 atom stereocenters. The fourth-order valence-electron chi connectivity index (χ4n) is 5.08. The molecule has 2 aliphatic carbocycles. The van der Waals surface area contributed by atoms with Gasteiger partial charge in [-0.3, -0.25) is 0 Å². The second-order valence-corrected chi connectivity index (χ2v) is 7.23. The van der Waals surface area contributed by atoms with Gasteiger partial charge in [-0.1, -0.05) is 19.4 Å². The highest BCUT2D eigenvalue weighted by Crippen LogP contribution is 2.52. The third kappa shape index (κ3) is 3.25. The Labute approximate surface area is 138 Å². The van der Waals surface area contributed by atoms with Crippen molar-refractivity contribution >= 4 is 0 Å². The monoisotopic (exact) mass is 322 g/mol. The molecule has 128 valence electrons. The number of hydrogen-bond acceptors (Lipinski definition) is 1. The molecule has 0 aromatic heterocycles. The van der Waals surface area contributed by atoms with Gasteiger partial charge in [0.05, 0.1) is 6.61 Å². The zero-order valence-electron chi connectivity index (χ0n) is 14.3. The van der Waals surface area contributed by atoms with Crippen LogP contribution in [0.4, 0.5) is 8.78 Å². The maximum atomic E-state index is 14.2. The molecule has 2 aliphatic rings. The molecule has 2 saturated carbocycles. The summed E-state index contributed by atoms with van der Waals surface area (Å²) in [6.07, 6.45) is 8.25. The summed E-state index contributed by atoms with van der Waals surface area (Å²) in [4.78, 5) is 0. The Morgan fingerprint density at radius 2 is 1.65 bits per heavy atom. The summed E-state index contributed by atoms with van der Waals surface area (Å²) in [6, 6.07) is 3.26. The first kappa shape index (κ1) is 16.7. The summed E-state index contributed by atoms with van der Waals surface area (Å²) in [7, 11) is 0. The molecule has 0 amide bonds. The Balaban J connectivity index is 1.62. The summed E-state index contributed by atoms with van der Waals surface area (Å²) in [5.74, 6) is 1.80. The Kier molecular flexibility index (Phi) is 5.23. The van der Waals surface area contributed by atoms with Gasteiger partial charge in [0.1, 0.15) is 0 Å². The number of hydrogen-bond donors (Lipinski definition) is 0. The third-order valence-corrected chi connectivity index (χ3v) is 6.24. The highest BCUT2D eigenvalue weighted by atomic mass is 19.2. The fourth-order valence-corrected chi connectivity index (χ4v) is 5.08. The predicted molar refractivity (Wildman–Crippen MR) is 88.6 cm³/mol. The van der Waals surface area contributed by atoms with E-state index in [1.165, 1.54) is 32.1 Å². The minimum Gasteiger partial charge on any atom is -0.491 e. The second-order valence-electron chi connectivity index (χ2n) is 7.23. The van der Waals surface area contributed by atoms with Crippen LogP contribution in [0.25, 0.3) is 0 Å². The number of fused-ring (bicyclic) bond motifs is 1. The number of halogens is 2. The molecule has 0 N–H and O–H groups in total. The van der Waals surface area contributed by atoms with E-state index in [4.69, 9.17) is 4.74 Å². The maximum absolute atomic E-state index is 14.2. The highest BCUT2D eigenvalue weighted by molar-refractivity contribution is 5.31. The molecule has 0 saturated heterocycles. The molecular weight excluding hydrogens is 294 g/mol. The van der Waals surface area contributed by atoms with Crippen LogP contribution in [0, 0.1) is 35.3 Å². The largest absolute Gasteiger partial charge is 0.491 e. The first-order chi connectivity index (χ1) is 11.2. The van der Waals surface area contributed by atoms with Gasteiger partial charge < -0.3 is 4.74 Å². The molecular formula is C20H28F2O. The maximum Gasteiger partial charge on any atom is 0.200 e. The Bertz CT molecular complexity index is 543. The quantitative estimate of drug-likeness (QED) is 0.647. The number of aryl methyl sites for hydroxylation is 1. The van der Waals surface area contributed by atoms with Gasteiger partial charge in [0.2, 0.25) is 5.82 Å². The first-order valence-corrected chi connectivity index (χ1v) is 9.25. The van der Waals surface area contributed by atoms with E-state index in [2.05, 4.69) is 6.92 Å². The minimum absolute atomic E-state index is 0.0243. The van der Waals surface area contributed by atoms with Crippen LogP contribution in [0.15, 0.2) is 12.1 Å². The van der Waals surface area contributed by atoms with Gasteiger partial charge in [0.15, 0.2) is 11.6 Å². The van der Waals surface area contributed by atoms with Gasteiger partial charge >= 0.3 is 0 Å². The van der Waals surface area contributed by atoms with Gasteiger partial charge in [-0.05, 0) is 80.8 Å². The van der Waals surface area contributed by atoms with E-state index in [0.29, 0.717) is 24.5 Å². The average molecular weight is 322 g/mol. The number of ether oxygens (including phenoxy) is 1. The smallest absolute Gasteiger partial charge is 0.200 e. The lowest BCUT2D eigenvalue weighted by atomic mass is 9.85. The normalized spacial score (nSPS) is 29.7. The lowest BCUT2D eigenvalue weighted by molar-refractivity contribution is 0.298. The molecule has 2 fully saturated rings. The van der Waals surface area contributed by atoms with Gasteiger partial charge in [-0.25, -0.2) is 4.39 Å². The topological polar surface area (TPSA) is 9.23 Å². The van der Waals surface area contributed by atoms with Crippen molar-refractivity contribution in [2.75, 3.05) is 6.61 Å². The Morgan fingerprint density at radius 3 is 2.35 bits per heavy atom. The van der Waals surface area contributed by atoms with E-state index in [1.54, 1.807) is 19.1 Å². The molecule has 23 heavy (non-hydrogen) atoms. The second kappa shape index (κ2) is 7.19. The lowest BCUT2D eigenvalue weighted by Gasteiger charge is -2.20. The van der Waals surface area contributed by atoms with Crippen molar-refractivity contribution in [2.24, 2.45) is 23.7 Å². The summed E-state index contributed by atoms with van der Waals surface area (Å²) >= 11 is 0. The molecule has 0 spiro atoms. The first-order valence-electron chi connectivity index (χ1n) is 9.25. The molecule has 4 unspecified atom stereocenters. The van der Waals surface area contributed by atoms with Crippen LogP contribution in [-0.2, 0) is 6.42 Å². The van der Waals surface area contributed by atoms with Crippen molar-refractivity contribution in [3.63, 3.8) is 0 Å². The van der Waals surface area contributed by atoms with E-state index in [9.17, 15) is 8.78 Å². The van der Waals surface area contributed by atoms with E-state index in [-0.39, 0.29) is 5.75 Å². The van der Waals surface area contributed by atoms with Crippen molar-refractivity contribution in [3.05, 3.63) is 29.3 Å². The van der Waals surface area contributed by atoms with E-state index in [1.807, 2.05) is 0 Å². The predicted octanol–water partition coefficient (Wildman–Crippen LogP) is 5.76. The highest BCUT2D eigenvalue weighted by Gasteiger charge is 2.43. The van der Waals surface area contributed by atoms with Crippen molar-refractivity contribution < 1.29 is 13.5 Å². The van der Waals surface area contributed by atoms with Crippen molar-refractivity contribution in [1.29, 1.82) is 0 Å². The van der Waals surface area contributed by atoms with Crippen LogP contribution >= 0.6 is 0 Å². The standard InChI is InChI=1S/C20H28F2O/c1-3-13-7-10-17-14(8-11-16(13)17)5-6-15-9-12-18(23-4-2)20(22)19(15)21/h9,12-14,16-17H,3-8,10-11H2,1-2H3. The zero-order valence-corrected chi connectivity index (χ0v) is 14.3. The molecule has 3 heteroatoms. The van der Waals surface area contributed by atoms with Crippen LogP contribution in [0.2, 0.25) is 0 Å². The van der Waals surface area contributed by atoms with E-state index >= 15 is 0 Å². The molecule has 0 aliphatic heterocycles. The number of rotatable bonds is 6. The molecule has 0 bridgehead atoms. The molecule has 0 heterocycles. The average Bonchev–Trinajstić information content (AvgIpc) is 3.13. The fraction of sp³-hybridized carbons (Fsp3) is 0.700. The Hall–Kier alpha value is -1.12. The van der Waals surface area contributed by atoms with Crippen molar-refractivity contribution in [3.8, 4) is 5.75 Å². The summed E-state index contributed by atoms with van der Waals surface area (Å²) in [5.41, 5.74) is 0.499. The van der Waals surface area contributed by atoms with Gasteiger partial charge in [-0.2, -0.15) is 4.39 Å². The van der Waals surface area contributed by atoms with Crippen molar-refractivity contribution in [1.82, 2.24) is 0 Å². The SMILES string of the molecule is CCOc1ccc(CCC2CCC3C(CC)CCC23)c(F)c1F. The molecule has 0 radical (unpaired) electrons. The molecule has 1 aromatic rings. The van der Waals surface area contributed by atoms with Crippen LogP contribution in [0.1, 0.15) is 57.9 Å². The zero-order chi connectivity index (χ0) is 16.4. The van der Waals surface area contributed by atoms with E-state index in [0.717, 1.165) is 24.2 Å². The van der Waals surface area contributed by atoms with Crippen molar-refractivity contribution in [2.45, 2.75) is 58.8 Å². The molecule has 1 aromatic carbocycles. The lowest BCUT2D eigenvalue weighted by Crippen LogP contribution is -2.13.